The maximum absolute atomic E-state index is 11.5. The molecule has 0 spiro atoms. The molecule has 0 aromatic carbocycles. The van der Waals surface area contributed by atoms with Gasteiger partial charge in [0, 0.05) is 11.8 Å². The van der Waals surface area contributed by atoms with Gasteiger partial charge in [0.05, 0.1) is 0 Å². The van der Waals surface area contributed by atoms with E-state index in [1.54, 1.807) is 0 Å². The van der Waals surface area contributed by atoms with Crippen LogP contribution < -0.4 is 0 Å². The lowest BCUT2D eigenvalue weighted by atomic mass is 9.55. The summed E-state index contributed by atoms with van der Waals surface area (Å²) in [7, 11) is 0. The minimum atomic E-state index is 0.573. The van der Waals surface area contributed by atoms with Crippen LogP contribution in [0.25, 0.3) is 0 Å². The van der Waals surface area contributed by atoms with Gasteiger partial charge < -0.3 is 0 Å². The Morgan fingerprint density at radius 1 is 0.909 bits per heavy atom. The van der Waals surface area contributed by atoms with Crippen LogP contribution in [0, 0.1) is 35.5 Å². The fourth-order valence-electron chi connectivity index (χ4n) is 4.74. The summed E-state index contributed by atoms with van der Waals surface area (Å²) < 4.78 is 0. The average Bonchev–Trinajstić information content (AvgIpc) is 2.30. The third-order valence-electron chi connectivity index (χ3n) is 4.86. The van der Waals surface area contributed by atoms with Crippen molar-refractivity contribution in [2.75, 3.05) is 0 Å². The number of carbonyl (C=O) groups is 1. The van der Waals surface area contributed by atoms with Gasteiger partial charge in [-0.15, -0.1) is 0 Å². The fraction of sp³-hybridized carbons (Fsp3) is 0.900. The molecule has 1 nitrogen and oxygen atoms in total. The third-order valence-corrected chi connectivity index (χ3v) is 4.86. The summed E-state index contributed by atoms with van der Waals surface area (Å²) in [6, 6.07) is 0. The van der Waals surface area contributed by atoms with E-state index in [1.165, 1.54) is 19.3 Å². The number of rotatable bonds is 0. The van der Waals surface area contributed by atoms with Crippen molar-refractivity contribution in [3.8, 4) is 0 Å². The van der Waals surface area contributed by atoms with Crippen molar-refractivity contribution in [1.82, 2.24) is 0 Å². The second-order valence-electron chi connectivity index (χ2n) is 5.02. The van der Waals surface area contributed by atoms with Crippen molar-refractivity contribution < 1.29 is 4.79 Å². The molecular weight excluding hydrogens is 136 g/mol. The second kappa shape index (κ2) is 1.30. The van der Waals surface area contributed by atoms with Crippen LogP contribution in [-0.4, -0.2) is 5.78 Å². The maximum Gasteiger partial charge on any atom is 0.140 e. The number of Topliss-reactive ketones (excluding diaryl/α,β-unsaturated/α-hetero) is 1. The molecule has 0 saturated heterocycles. The van der Waals surface area contributed by atoms with Gasteiger partial charge in [0.1, 0.15) is 5.78 Å². The topological polar surface area (TPSA) is 17.1 Å². The molecule has 58 valence electrons. The van der Waals surface area contributed by atoms with E-state index in [1.807, 2.05) is 0 Å². The van der Waals surface area contributed by atoms with Crippen molar-refractivity contribution in [1.29, 1.82) is 0 Å². The Balaban J connectivity index is 1.95. The van der Waals surface area contributed by atoms with Crippen LogP contribution in [0.3, 0.4) is 0 Å². The Kier molecular flexibility index (Phi) is 0.630. The highest BCUT2D eigenvalue weighted by Gasteiger charge is 2.70. The van der Waals surface area contributed by atoms with Gasteiger partial charge in [-0.3, -0.25) is 4.79 Å². The minimum Gasteiger partial charge on any atom is -0.299 e. The number of ketones is 1. The van der Waals surface area contributed by atoms with Crippen LogP contribution in [0.15, 0.2) is 0 Å². The van der Waals surface area contributed by atoms with Crippen LogP contribution in [-0.2, 0) is 4.79 Å². The van der Waals surface area contributed by atoms with Crippen molar-refractivity contribution in [3.05, 3.63) is 0 Å². The summed E-state index contributed by atoms with van der Waals surface area (Å²) in [6.45, 7) is 0. The number of carbonyl (C=O) groups excluding carboxylic acids is 1. The highest BCUT2D eigenvalue weighted by atomic mass is 16.1. The third kappa shape index (κ3) is 0.361. The second-order valence-corrected chi connectivity index (χ2v) is 5.02. The lowest BCUT2D eigenvalue weighted by molar-refractivity contribution is -0.150. The van der Waals surface area contributed by atoms with Gasteiger partial charge in [-0.25, -0.2) is 0 Å². The van der Waals surface area contributed by atoms with E-state index in [2.05, 4.69) is 0 Å². The first-order chi connectivity index (χ1) is 5.36. The molecule has 6 rings (SSSR count). The van der Waals surface area contributed by atoms with Gasteiger partial charge in [-0.1, -0.05) is 0 Å². The summed E-state index contributed by atoms with van der Waals surface area (Å²) in [6.07, 6.45) is 4.23. The molecule has 6 saturated carbocycles. The van der Waals surface area contributed by atoms with E-state index >= 15 is 0 Å². The SMILES string of the molecule is O=C1C2C3C4C[C@@H]2C[C@H](C4)C13. The Morgan fingerprint density at radius 3 is 2.00 bits per heavy atom. The van der Waals surface area contributed by atoms with Crippen molar-refractivity contribution in [2.24, 2.45) is 35.5 Å². The van der Waals surface area contributed by atoms with E-state index in [-0.39, 0.29) is 0 Å². The molecule has 0 radical (unpaired) electrons. The summed E-state index contributed by atoms with van der Waals surface area (Å²) in [5.74, 6) is 5.39. The van der Waals surface area contributed by atoms with Gasteiger partial charge in [0.2, 0.25) is 0 Å². The molecule has 0 N–H and O–H groups in total. The van der Waals surface area contributed by atoms with Crippen molar-refractivity contribution in [2.45, 2.75) is 19.3 Å². The Hall–Kier alpha value is -0.330. The van der Waals surface area contributed by atoms with Gasteiger partial charge in [-0.05, 0) is 42.9 Å². The van der Waals surface area contributed by atoms with Crippen LogP contribution in [0.5, 0.6) is 0 Å². The predicted molar refractivity (Wildman–Crippen MR) is 39.8 cm³/mol. The largest absolute Gasteiger partial charge is 0.299 e. The van der Waals surface area contributed by atoms with Crippen molar-refractivity contribution >= 4 is 5.78 Å². The van der Waals surface area contributed by atoms with Crippen LogP contribution in [0.1, 0.15) is 19.3 Å². The zero-order chi connectivity index (χ0) is 7.16. The monoisotopic (exact) mass is 148 g/mol. The van der Waals surface area contributed by atoms with Gasteiger partial charge in [0.15, 0.2) is 0 Å². The minimum absolute atomic E-state index is 0.573. The van der Waals surface area contributed by atoms with E-state index in [0.717, 1.165) is 23.7 Å². The van der Waals surface area contributed by atoms with E-state index in [0.29, 0.717) is 17.6 Å². The first kappa shape index (κ1) is 5.34. The summed E-state index contributed by atoms with van der Waals surface area (Å²) in [5.41, 5.74) is 0. The molecule has 0 heterocycles. The molecule has 6 aliphatic carbocycles. The quantitative estimate of drug-likeness (QED) is 0.508. The molecule has 6 atom stereocenters. The molecule has 6 bridgehead atoms. The fourth-order valence-corrected chi connectivity index (χ4v) is 4.74. The summed E-state index contributed by atoms with van der Waals surface area (Å²) in [4.78, 5) is 11.5. The first-order valence-corrected chi connectivity index (χ1v) is 4.90. The standard InChI is InChI=1S/C10H12O/c11-10-8-5-1-4-2-6(3-5)9(10)7(4)8/h4-9H,1-3H2/t4?,5-,6+,7?,8?,9?. The molecule has 0 aliphatic heterocycles. The van der Waals surface area contributed by atoms with E-state index in [9.17, 15) is 4.79 Å². The van der Waals surface area contributed by atoms with Gasteiger partial charge in [0.25, 0.3) is 0 Å². The zero-order valence-electron chi connectivity index (χ0n) is 6.49. The predicted octanol–water partition coefficient (Wildman–Crippen LogP) is 1.48. The highest BCUT2D eigenvalue weighted by molar-refractivity contribution is 5.92. The van der Waals surface area contributed by atoms with Crippen LogP contribution in [0.2, 0.25) is 0 Å². The van der Waals surface area contributed by atoms with E-state index in [4.69, 9.17) is 0 Å². The summed E-state index contributed by atoms with van der Waals surface area (Å²) in [5, 5.41) is 0. The van der Waals surface area contributed by atoms with Gasteiger partial charge in [-0.2, -0.15) is 0 Å². The Morgan fingerprint density at radius 2 is 1.45 bits per heavy atom. The number of hydrogen-bond acceptors (Lipinski definition) is 1. The molecule has 6 fully saturated rings. The normalized spacial score (nSPS) is 68.9. The maximum atomic E-state index is 11.5. The van der Waals surface area contributed by atoms with Crippen LogP contribution in [0.4, 0.5) is 0 Å². The molecule has 6 aliphatic rings. The summed E-state index contributed by atoms with van der Waals surface area (Å²) >= 11 is 0. The van der Waals surface area contributed by atoms with Crippen LogP contribution >= 0.6 is 0 Å². The molecule has 4 unspecified atom stereocenters. The lowest BCUT2D eigenvalue weighted by Crippen LogP contribution is -2.52. The Labute approximate surface area is 66.2 Å². The average molecular weight is 148 g/mol. The lowest BCUT2D eigenvalue weighted by Gasteiger charge is -2.47. The van der Waals surface area contributed by atoms with E-state index < -0.39 is 0 Å². The molecule has 0 aromatic heterocycles. The highest BCUT2D eigenvalue weighted by Crippen LogP contribution is 2.70. The first-order valence-electron chi connectivity index (χ1n) is 4.90. The smallest absolute Gasteiger partial charge is 0.140 e. The number of hydrogen-bond donors (Lipinski definition) is 0. The van der Waals surface area contributed by atoms with Gasteiger partial charge >= 0.3 is 0 Å². The molecule has 11 heavy (non-hydrogen) atoms. The molecule has 0 amide bonds. The molecule has 0 aromatic rings. The molecule has 1 heteroatoms. The molecular formula is C10H12O. The van der Waals surface area contributed by atoms with Crippen molar-refractivity contribution in [3.63, 3.8) is 0 Å². The zero-order valence-corrected chi connectivity index (χ0v) is 6.49. The Bertz CT molecular complexity index is 232.